The number of alkyl halides is 2. The Hall–Kier alpha value is -3.07. The van der Waals surface area contributed by atoms with Crippen molar-refractivity contribution in [3.05, 3.63) is 53.9 Å². The molecule has 0 aliphatic heterocycles. The summed E-state index contributed by atoms with van der Waals surface area (Å²) in [7, 11) is 0. The second-order valence-electron chi connectivity index (χ2n) is 5.89. The fraction of sp³-hybridized carbons (Fsp3) is 0.167. The Morgan fingerprint density at radius 2 is 1.96 bits per heavy atom. The number of carbonyl (C=O) groups is 1. The van der Waals surface area contributed by atoms with E-state index in [1.165, 1.54) is 18.3 Å². The third-order valence-electron chi connectivity index (χ3n) is 4.11. The number of nitrogens with zero attached hydrogens (tertiary/aromatic N) is 3. The summed E-state index contributed by atoms with van der Waals surface area (Å²) < 4.78 is 34.0. The van der Waals surface area contributed by atoms with Gasteiger partial charge < -0.3 is 10.5 Å². The molecule has 2 heterocycles. The molecule has 4 aromatic rings. The molecule has 0 unspecified atom stereocenters. The van der Waals surface area contributed by atoms with Gasteiger partial charge in [0.15, 0.2) is 17.1 Å². The highest BCUT2D eigenvalue weighted by molar-refractivity contribution is 7.22. The Labute approximate surface area is 156 Å². The maximum Gasteiger partial charge on any atom is 0.338 e. The summed E-state index contributed by atoms with van der Waals surface area (Å²) in [5, 5.41) is 0.398. The smallest absolute Gasteiger partial charge is 0.338 e. The van der Waals surface area contributed by atoms with Gasteiger partial charge in [-0.05, 0) is 37.3 Å². The van der Waals surface area contributed by atoms with Crippen LogP contribution in [0.2, 0.25) is 0 Å². The van der Waals surface area contributed by atoms with Gasteiger partial charge >= 0.3 is 12.5 Å². The third kappa shape index (κ3) is 3.10. The summed E-state index contributed by atoms with van der Waals surface area (Å²) in [5.41, 5.74) is 7.33. The van der Waals surface area contributed by atoms with Gasteiger partial charge in [-0.1, -0.05) is 23.5 Å². The molecule has 2 aromatic heterocycles. The van der Waals surface area contributed by atoms with E-state index in [2.05, 4.69) is 9.97 Å². The van der Waals surface area contributed by atoms with Gasteiger partial charge in [0.2, 0.25) is 0 Å². The number of hydrogen-bond donors (Lipinski definition) is 1. The van der Waals surface area contributed by atoms with E-state index < -0.39 is 18.6 Å². The van der Waals surface area contributed by atoms with Gasteiger partial charge in [-0.3, -0.25) is 4.57 Å². The first-order valence-corrected chi connectivity index (χ1v) is 8.88. The number of benzene rings is 2. The van der Waals surface area contributed by atoms with Crippen molar-refractivity contribution in [2.24, 2.45) is 0 Å². The molecule has 2 N–H and O–H groups in total. The number of rotatable bonds is 4. The maximum atomic E-state index is 13.6. The minimum absolute atomic E-state index is 0.0114. The predicted molar refractivity (Wildman–Crippen MR) is 98.8 cm³/mol. The first-order valence-electron chi connectivity index (χ1n) is 8.06. The number of fused-ring (bicyclic) bond motifs is 2. The minimum Gasteiger partial charge on any atom is -0.451 e. The van der Waals surface area contributed by atoms with Crippen molar-refractivity contribution in [1.29, 1.82) is 0 Å². The average molecular weight is 388 g/mol. The van der Waals surface area contributed by atoms with Crippen molar-refractivity contribution in [1.82, 2.24) is 14.5 Å². The number of halogens is 2. The quantitative estimate of drug-likeness (QED) is 0.519. The number of ether oxygens (including phenoxy) is 1. The van der Waals surface area contributed by atoms with E-state index in [4.69, 9.17) is 10.5 Å². The Bertz CT molecular complexity index is 1150. The maximum absolute atomic E-state index is 13.6. The predicted octanol–water partition coefficient (Wildman–Crippen LogP) is 4.54. The fourth-order valence-electron chi connectivity index (χ4n) is 2.91. The Morgan fingerprint density at radius 1 is 1.19 bits per heavy atom. The monoisotopic (exact) mass is 388 g/mol. The zero-order valence-corrected chi connectivity index (χ0v) is 14.9. The van der Waals surface area contributed by atoms with Crippen LogP contribution in [0.1, 0.15) is 35.8 Å². The molecule has 0 spiro atoms. The van der Waals surface area contributed by atoms with Gasteiger partial charge in [-0.15, -0.1) is 0 Å². The summed E-state index contributed by atoms with van der Waals surface area (Å²) in [6.45, 7) is -1.29. The number of imidazole rings is 1. The number of anilines is 1. The molecule has 0 saturated heterocycles. The summed E-state index contributed by atoms with van der Waals surface area (Å²) in [6, 6.07) is 11.4. The topological polar surface area (TPSA) is 83.0 Å². The van der Waals surface area contributed by atoms with Crippen LogP contribution in [0, 0.1) is 0 Å². The largest absolute Gasteiger partial charge is 0.451 e. The zero-order chi connectivity index (χ0) is 19.1. The Balaban J connectivity index is 1.64. The van der Waals surface area contributed by atoms with Crippen molar-refractivity contribution in [3.8, 4) is 0 Å². The van der Waals surface area contributed by atoms with Crippen LogP contribution in [0.3, 0.4) is 0 Å². The van der Waals surface area contributed by atoms with Crippen LogP contribution in [0.5, 0.6) is 0 Å². The molecule has 2 aromatic carbocycles. The van der Waals surface area contributed by atoms with E-state index in [0.717, 1.165) is 9.27 Å². The van der Waals surface area contributed by atoms with Crippen LogP contribution in [0.4, 0.5) is 13.9 Å². The molecule has 0 aliphatic rings. The molecule has 9 heteroatoms. The first-order chi connectivity index (χ1) is 12.9. The number of esters is 1. The highest BCUT2D eigenvalue weighted by atomic mass is 32.1. The third-order valence-corrected chi connectivity index (χ3v) is 4.95. The standard InChI is InChI=1S/C18H14F2N4O2S/c1-9(15-22-11-4-2-3-5-13(11)24(15)17(19)20)26-16(25)10-6-7-12-14(8-10)27-18(21)23-12/h2-9,17H,1H3,(H2,21,23)/t9-/m1/s1. The van der Waals surface area contributed by atoms with Crippen LogP contribution in [0.25, 0.3) is 21.3 Å². The molecule has 27 heavy (non-hydrogen) atoms. The van der Waals surface area contributed by atoms with Gasteiger partial charge in [0.25, 0.3) is 0 Å². The zero-order valence-electron chi connectivity index (χ0n) is 14.1. The van der Waals surface area contributed by atoms with E-state index >= 15 is 0 Å². The number of carbonyl (C=O) groups excluding carboxylic acids is 1. The Kier molecular flexibility index (Phi) is 4.23. The van der Waals surface area contributed by atoms with E-state index in [0.29, 0.717) is 16.2 Å². The SMILES string of the molecule is C[C@@H](OC(=O)c1ccc2nc(N)sc2c1)c1nc2ccccc2n1C(F)F. The minimum atomic E-state index is -2.80. The summed E-state index contributed by atoms with van der Waals surface area (Å²) >= 11 is 1.25. The lowest BCUT2D eigenvalue weighted by atomic mass is 10.2. The van der Waals surface area contributed by atoms with Gasteiger partial charge in [0.05, 0.1) is 26.8 Å². The average Bonchev–Trinajstić information content (AvgIpc) is 3.20. The number of aromatic nitrogens is 3. The van der Waals surface area contributed by atoms with Gasteiger partial charge in [0, 0.05) is 0 Å². The first kappa shape index (κ1) is 17.3. The molecular formula is C18H14F2N4O2S. The molecule has 0 amide bonds. The molecular weight excluding hydrogens is 374 g/mol. The van der Waals surface area contributed by atoms with Crippen molar-refractivity contribution in [2.45, 2.75) is 19.6 Å². The number of thiazole rings is 1. The van der Waals surface area contributed by atoms with E-state index in [-0.39, 0.29) is 16.9 Å². The lowest BCUT2D eigenvalue weighted by Crippen LogP contribution is -2.14. The molecule has 0 fully saturated rings. The van der Waals surface area contributed by atoms with Crippen LogP contribution >= 0.6 is 11.3 Å². The van der Waals surface area contributed by atoms with Crippen molar-refractivity contribution < 1.29 is 18.3 Å². The second kappa shape index (κ2) is 6.58. The van der Waals surface area contributed by atoms with Crippen LogP contribution in [-0.4, -0.2) is 20.5 Å². The van der Waals surface area contributed by atoms with Crippen LogP contribution in [0.15, 0.2) is 42.5 Å². The lowest BCUT2D eigenvalue weighted by Gasteiger charge is -2.15. The van der Waals surface area contributed by atoms with Gasteiger partial charge in [0.1, 0.15) is 0 Å². The summed E-state index contributed by atoms with van der Waals surface area (Å²) in [5.74, 6) is -0.646. The molecule has 0 saturated carbocycles. The Morgan fingerprint density at radius 3 is 2.74 bits per heavy atom. The molecule has 4 rings (SSSR count). The molecule has 0 aliphatic carbocycles. The molecule has 0 radical (unpaired) electrons. The normalized spacial score (nSPS) is 12.7. The summed E-state index contributed by atoms with van der Waals surface area (Å²) in [4.78, 5) is 20.8. The van der Waals surface area contributed by atoms with Crippen LogP contribution < -0.4 is 5.73 Å². The van der Waals surface area contributed by atoms with E-state index in [9.17, 15) is 13.6 Å². The molecule has 138 valence electrons. The number of para-hydroxylation sites is 2. The lowest BCUT2D eigenvalue weighted by molar-refractivity contribution is 0.0233. The molecule has 1 atom stereocenters. The molecule has 0 bridgehead atoms. The van der Waals surface area contributed by atoms with Crippen molar-refractivity contribution in [3.63, 3.8) is 0 Å². The highest BCUT2D eigenvalue weighted by Crippen LogP contribution is 2.29. The van der Waals surface area contributed by atoms with E-state index in [1.54, 1.807) is 42.5 Å². The number of nitrogens with two attached hydrogens (primary N) is 1. The molecule has 6 nitrogen and oxygen atoms in total. The van der Waals surface area contributed by atoms with Gasteiger partial charge in [-0.2, -0.15) is 8.78 Å². The van der Waals surface area contributed by atoms with Crippen LogP contribution in [-0.2, 0) is 4.74 Å². The number of nitrogen functional groups attached to an aromatic ring is 1. The van der Waals surface area contributed by atoms with Crippen molar-refractivity contribution >= 4 is 43.7 Å². The van der Waals surface area contributed by atoms with Gasteiger partial charge in [-0.25, -0.2) is 14.8 Å². The summed E-state index contributed by atoms with van der Waals surface area (Å²) in [6.07, 6.45) is -0.957. The van der Waals surface area contributed by atoms with Crippen molar-refractivity contribution in [2.75, 3.05) is 5.73 Å². The fourth-order valence-corrected chi connectivity index (χ4v) is 3.68. The van der Waals surface area contributed by atoms with E-state index in [1.807, 2.05) is 0 Å². The second-order valence-corrected chi connectivity index (χ2v) is 6.95. The highest BCUT2D eigenvalue weighted by Gasteiger charge is 2.24. The number of hydrogen-bond acceptors (Lipinski definition) is 6.